The van der Waals surface area contributed by atoms with Crippen LogP contribution in [-0.4, -0.2) is 13.2 Å². The molecule has 1 fully saturated rings. The maximum Gasteiger partial charge on any atom is 0.235 e. The van der Waals surface area contributed by atoms with E-state index in [4.69, 9.17) is 9.47 Å². The Bertz CT molecular complexity index is 750. The first kappa shape index (κ1) is 15.3. The number of carbonyl (C=O) groups excluding carboxylic acids is 1. The molecule has 2 aromatic carbocycles. The number of hydrogen-bond acceptors (Lipinski definition) is 4. The van der Waals surface area contributed by atoms with Crippen molar-refractivity contribution in [2.24, 2.45) is 4.99 Å². The topological polar surface area (TPSA) is 47.9 Å². The largest absolute Gasteiger partial charge is 0.496 e. The second-order valence-corrected chi connectivity index (χ2v) is 5.46. The molecule has 0 amide bonds. The van der Waals surface area contributed by atoms with Crippen molar-refractivity contribution in [3.63, 3.8) is 0 Å². The molecule has 0 aromatic heterocycles. The lowest BCUT2D eigenvalue weighted by atomic mass is 10.0. The SMILES string of the molecule is COc1ccc(OCc2ccccc2)c(F)c1C1(N=C=O)CC1. The lowest BCUT2D eigenvalue weighted by molar-refractivity contribution is 0.286. The number of rotatable bonds is 6. The van der Waals surface area contributed by atoms with Crippen molar-refractivity contribution in [2.45, 2.75) is 25.0 Å². The van der Waals surface area contributed by atoms with Gasteiger partial charge in [-0.2, -0.15) is 4.99 Å². The Morgan fingerprint density at radius 2 is 1.87 bits per heavy atom. The zero-order valence-electron chi connectivity index (χ0n) is 12.7. The van der Waals surface area contributed by atoms with Crippen LogP contribution in [0, 0.1) is 5.82 Å². The molecule has 0 unspecified atom stereocenters. The fourth-order valence-electron chi connectivity index (χ4n) is 2.61. The molecule has 118 valence electrons. The number of aliphatic imine (C=N–C) groups is 1. The van der Waals surface area contributed by atoms with Gasteiger partial charge in [0.05, 0.1) is 12.7 Å². The molecule has 1 saturated carbocycles. The van der Waals surface area contributed by atoms with Crippen molar-refractivity contribution in [1.82, 2.24) is 0 Å². The van der Waals surface area contributed by atoms with Crippen LogP contribution >= 0.6 is 0 Å². The Kier molecular flexibility index (Phi) is 4.13. The molecule has 3 rings (SSSR count). The van der Waals surface area contributed by atoms with E-state index < -0.39 is 11.4 Å². The highest BCUT2D eigenvalue weighted by Crippen LogP contribution is 2.54. The van der Waals surface area contributed by atoms with E-state index in [-0.39, 0.29) is 17.9 Å². The van der Waals surface area contributed by atoms with E-state index in [2.05, 4.69) is 4.99 Å². The van der Waals surface area contributed by atoms with Gasteiger partial charge in [0.25, 0.3) is 0 Å². The van der Waals surface area contributed by atoms with Gasteiger partial charge < -0.3 is 9.47 Å². The van der Waals surface area contributed by atoms with Gasteiger partial charge in [0.15, 0.2) is 11.6 Å². The summed E-state index contributed by atoms with van der Waals surface area (Å²) in [4.78, 5) is 14.4. The van der Waals surface area contributed by atoms with E-state index in [9.17, 15) is 9.18 Å². The molecule has 0 spiro atoms. The average Bonchev–Trinajstić information content (AvgIpc) is 3.35. The van der Waals surface area contributed by atoms with Crippen molar-refractivity contribution in [1.29, 1.82) is 0 Å². The normalized spacial score (nSPS) is 14.7. The summed E-state index contributed by atoms with van der Waals surface area (Å²) in [6.45, 7) is 0.257. The summed E-state index contributed by atoms with van der Waals surface area (Å²) in [5.74, 6) is -0.0418. The van der Waals surface area contributed by atoms with Gasteiger partial charge in [-0.1, -0.05) is 30.3 Å². The summed E-state index contributed by atoms with van der Waals surface area (Å²) in [6, 6.07) is 12.7. The van der Waals surface area contributed by atoms with Gasteiger partial charge in [-0.3, -0.25) is 0 Å². The Morgan fingerprint density at radius 3 is 2.48 bits per heavy atom. The number of ether oxygens (including phenoxy) is 2. The highest BCUT2D eigenvalue weighted by molar-refractivity contribution is 5.51. The van der Waals surface area contributed by atoms with Crippen LogP contribution in [0.4, 0.5) is 4.39 Å². The van der Waals surface area contributed by atoms with Gasteiger partial charge in [-0.05, 0) is 30.5 Å². The van der Waals surface area contributed by atoms with Crippen molar-refractivity contribution in [3.8, 4) is 11.5 Å². The third kappa shape index (κ3) is 2.96. The van der Waals surface area contributed by atoms with Crippen LogP contribution in [0.25, 0.3) is 0 Å². The molecule has 23 heavy (non-hydrogen) atoms. The summed E-state index contributed by atoms with van der Waals surface area (Å²) in [5, 5.41) is 0. The Morgan fingerprint density at radius 1 is 1.17 bits per heavy atom. The predicted molar refractivity (Wildman–Crippen MR) is 82.8 cm³/mol. The number of halogens is 1. The molecule has 2 aromatic rings. The smallest absolute Gasteiger partial charge is 0.235 e. The van der Waals surface area contributed by atoms with Crippen LogP contribution in [0.1, 0.15) is 24.0 Å². The molecule has 0 bridgehead atoms. The van der Waals surface area contributed by atoms with Crippen molar-refractivity contribution in [2.75, 3.05) is 7.11 Å². The van der Waals surface area contributed by atoms with Crippen LogP contribution < -0.4 is 9.47 Å². The molecular weight excluding hydrogens is 297 g/mol. The summed E-state index contributed by atoms with van der Waals surface area (Å²) >= 11 is 0. The first-order valence-corrected chi connectivity index (χ1v) is 7.33. The van der Waals surface area contributed by atoms with Crippen molar-refractivity contribution in [3.05, 3.63) is 59.4 Å². The van der Waals surface area contributed by atoms with Crippen LogP contribution in [-0.2, 0) is 16.9 Å². The molecule has 0 saturated heterocycles. The molecular formula is C18H16FNO3. The summed E-state index contributed by atoms with van der Waals surface area (Å²) in [7, 11) is 1.46. The summed E-state index contributed by atoms with van der Waals surface area (Å²) in [6.07, 6.45) is 2.73. The van der Waals surface area contributed by atoms with Gasteiger partial charge in [0, 0.05) is 0 Å². The van der Waals surface area contributed by atoms with Gasteiger partial charge >= 0.3 is 0 Å². The Labute approximate surface area is 133 Å². The molecule has 5 heteroatoms. The maximum absolute atomic E-state index is 14.9. The zero-order valence-corrected chi connectivity index (χ0v) is 12.7. The Balaban J connectivity index is 1.92. The van der Waals surface area contributed by atoms with Crippen LogP contribution in [0.3, 0.4) is 0 Å². The summed E-state index contributed by atoms with van der Waals surface area (Å²) in [5.41, 5.74) is 0.355. The molecule has 1 aliphatic carbocycles. The van der Waals surface area contributed by atoms with E-state index in [1.54, 1.807) is 6.07 Å². The molecule has 1 aliphatic rings. The minimum Gasteiger partial charge on any atom is -0.496 e. The number of nitrogens with zero attached hydrogens (tertiary/aromatic N) is 1. The molecule has 0 N–H and O–H groups in total. The monoisotopic (exact) mass is 313 g/mol. The lowest BCUT2D eigenvalue weighted by Crippen LogP contribution is -2.10. The minimum absolute atomic E-state index is 0.122. The van der Waals surface area contributed by atoms with Crippen molar-refractivity contribution >= 4 is 6.08 Å². The fourth-order valence-corrected chi connectivity index (χ4v) is 2.61. The average molecular weight is 313 g/mol. The van der Waals surface area contributed by atoms with E-state index in [0.717, 1.165) is 5.56 Å². The minimum atomic E-state index is -0.858. The molecule has 0 atom stereocenters. The van der Waals surface area contributed by atoms with E-state index in [1.165, 1.54) is 19.3 Å². The van der Waals surface area contributed by atoms with Crippen molar-refractivity contribution < 1.29 is 18.7 Å². The zero-order chi connectivity index (χ0) is 16.3. The van der Waals surface area contributed by atoms with E-state index >= 15 is 0 Å². The molecule has 4 nitrogen and oxygen atoms in total. The Hall–Kier alpha value is -2.65. The third-order valence-corrected chi connectivity index (χ3v) is 3.97. The van der Waals surface area contributed by atoms with Crippen LogP contribution in [0.5, 0.6) is 11.5 Å². The van der Waals surface area contributed by atoms with Gasteiger partial charge in [0.1, 0.15) is 17.9 Å². The highest BCUT2D eigenvalue weighted by Gasteiger charge is 2.49. The number of methoxy groups -OCH3 is 1. The highest BCUT2D eigenvalue weighted by atomic mass is 19.1. The van der Waals surface area contributed by atoms with E-state index in [1.807, 2.05) is 30.3 Å². The second-order valence-electron chi connectivity index (χ2n) is 5.46. The van der Waals surface area contributed by atoms with Gasteiger partial charge in [-0.15, -0.1) is 0 Å². The molecule has 0 heterocycles. The number of benzene rings is 2. The van der Waals surface area contributed by atoms with Crippen LogP contribution in [0.15, 0.2) is 47.5 Å². The first-order valence-electron chi connectivity index (χ1n) is 7.33. The summed E-state index contributed by atoms with van der Waals surface area (Å²) < 4.78 is 25.7. The maximum atomic E-state index is 14.9. The van der Waals surface area contributed by atoms with Gasteiger partial charge in [-0.25, -0.2) is 9.18 Å². The quantitative estimate of drug-likeness (QED) is 0.603. The third-order valence-electron chi connectivity index (χ3n) is 3.97. The van der Waals surface area contributed by atoms with E-state index in [0.29, 0.717) is 18.6 Å². The number of hydrogen-bond donors (Lipinski definition) is 0. The lowest BCUT2D eigenvalue weighted by Gasteiger charge is -2.17. The first-order chi connectivity index (χ1) is 11.2. The standard InChI is InChI=1S/C18H16FNO3/c1-22-14-7-8-15(23-11-13-5-3-2-4-6-13)17(19)16(14)18(9-10-18)20-12-21/h2-8H,9-11H2,1H3. The van der Waals surface area contributed by atoms with Gasteiger partial charge in [0.2, 0.25) is 6.08 Å². The molecule has 0 radical (unpaired) electrons. The predicted octanol–water partition coefficient (Wildman–Crippen LogP) is 3.74. The number of isocyanates is 1. The second kappa shape index (κ2) is 6.23. The van der Waals surface area contributed by atoms with Crippen LogP contribution in [0.2, 0.25) is 0 Å². The molecule has 0 aliphatic heterocycles. The fraction of sp³-hybridized carbons (Fsp3) is 0.278.